The van der Waals surface area contributed by atoms with Gasteiger partial charge in [-0.1, -0.05) is 34.5 Å². The Morgan fingerprint density at radius 1 is 1.19 bits per heavy atom. The summed E-state index contributed by atoms with van der Waals surface area (Å²) in [5, 5.41) is 12.2. The third-order valence-corrected chi connectivity index (χ3v) is 6.39. The fraction of sp³-hybridized carbons (Fsp3) is 0.300. The van der Waals surface area contributed by atoms with Crippen LogP contribution in [-0.2, 0) is 0 Å². The van der Waals surface area contributed by atoms with Gasteiger partial charge in [0, 0.05) is 18.7 Å². The molecule has 2 aromatic carbocycles. The van der Waals surface area contributed by atoms with Crippen LogP contribution in [0.15, 0.2) is 30.3 Å². The van der Waals surface area contributed by atoms with Crippen molar-refractivity contribution in [3.05, 3.63) is 56.1 Å². The molecule has 1 aromatic heterocycles. The monoisotopic (exact) mass is 518 g/mol. The molecular formula is C20H21Cl3N4O4S. The second kappa shape index (κ2) is 11.1. The van der Waals surface area contributed by atoms with E-state index in [1.165, 1.54) is 41.5 Å². The Morgan fingerprint density at radius 2 is 1.88 bits per heavy atom. The molecule has 1 amide bonds. The number of rotatable bonds is 8. The van der Waals surface area contributed by atoms with Crippen LogP contribution in [0.1, 0.15) is 16.8 Å². The van der Waals surface area contributed by atoms with Crippen LogP contribution in [0.25, 0.3) is 10.2 Å². The summed E-state index contributed by atoms with van der Waals surface area (Å²) in [5.74, 6) is 0.0672. The number of carbonyl (C=O) groups is 1. The van der Waals surface area contributed by atoms with Crippen molar-refractivity contribution < 1.29 is 14.5 Å². The average molecular weight is 520 g/mol. The first kappa shape index (κ1) is 26.1. The number of thiazole rings is 1. The van der Waals surface area contributed by atoms with Crippen LogP contribution in [0.3, 0.4) is 0 Å². The van der Waals surface area contributed by atoms with Crippen molar-refractivity contribution >= 4 is 73.9 Å². The minimum Gasteiger partial charge on any atom is -0.494 e. The molecule has 3 aromatic rings. The highest BCUT2D eigenvalue weighted by Gasteiger charge is 2.26. The lowest BCUT2D eigenvalue weighted by molar-refractivity contribution is -0.384. The number of fused-ring (bicyclic) bond motifs is 1. The maximum Gasteiger partial charge on any atom is 0.270 e. The number of methoxy groups -OCH3 is 1. The minimum absolute atomic E-state index is 0. The molecule has 0 spiro atoms. The zero-order valence-electron chi connectivity index (χ0n) is 17.5. The van der Waals surface area contributed by atoms with Crippen molar-refractivity contribution in [2.45, 2.75) is 6.42 Å². The van der Waals surface area contributed by atoms with Crippen molar-refractivity contribution in [3.8, 4) is 5.75 Å². The lowest BCUT2D eigenvalue weighted by atomic mass is 10.1. The molecule has 0 aliphatic rings. The lowest BCUT2D eigenvalue weighted by Gasteiger charge is -2.21. The highest BCUT2D eigenvalue weighted by atomic mass is 35.5. The van der Waals surface area contributed by atoms with Gasteiger partial charge in [0.15, 0.2) is 5.13 Å². The number of nitrogens with zero attached hydrogens (tertiary/aromatic N) is 4. The number of nitro groups is 1. The summed E-state index contributed by atoms with van der Waals surface area (Å²) in [6, 6.07) is 7.22. The highest BCUT2D eigenvalue weighted by molar-refractivity contribution is 7.23. The Kier molecular flexibility index (Phi) is 9.06. The van der Waals surface area contributed by atoms with E-state index < -0.39 is 10.8 Å². The van der Waals surface area contributed by atoms with Crippen molar-refractivity contribution in [3.63, 3.8) is 0 Å². The molecule has 8 nitrogen and oxygen atoms in total. The van der Waals surface area contributed by atoms with Crippen molar-refractivity contribution in [2.75, 3.05) is 39.2 Å². The molecule has 0 saturated heterocycles. The summed E-state index contributed by atoms with van der Waals surface area (Å²) < 4.78 is 6.06. The molecule has 172 valence electrons. The predicted molar refractivity (Wildman–Crippen MR) is 131 cm³/mol. The van der Waals surface area contributed by atoms with Crippen molar-refractivity contribution in [2.24, 2.45) is 0 Å². The van der Waals surface area contributed by atoms with Crippen LogP contribution in [-0.4, -0.2) is 55.0 Å². The van der Waals surface area contributed by atoms with E-state index in [1.807, 2.05) is 19.0 Å². The van der Waals surface area contributed by atoms with Gasteiger partial charge < -0.3 is 9.64 Å². The molecule has 1 heterocycles. The molecule has 3 rings (SSSR count). The zero-order valence-corrected chi connectivity index (χ0v) is 20.6. The summed E-state index contributed by atoms with van der Waals surface area (Å²) in [5.41, 5.74) is 0.374. The van der Waals surface area contributed by atoms with Gasteiger partial charge in [-0.25, -0.2) is 4.98 Å². The van der Waals surface area contributed by atoms with E-state index in [0.29, 0.717) is 39.1 Å². The smallest absolute Gasteiger partial charge is 0.270 e. The number of nitro benzene ring substituents is 1. The second-order valence-corrected chi connectivity index (χ2v) is 8.75. The van der Waals surface area contributed by atoms with Gasteiger partial charge in [-0.2, -0.15) is 0 Å². The molecule has 0 aliphatic carbocycles. The van der Waals surface area contributed by atoms with E-state index in [1.54, 1.807) is 12.1 Å². The van der Waals surface area contributed by atoms with Gasteiger partial charge in [-0.3, -0.25) is 19.8 Å². The Bertz CT molecular complexity index is 1140. The largest absolute Gasteiger partial charge is 0.494 e. The molecule has 0 bridgehead atoms. The maximum atomic E-state index is 13.4. The Morgan fingerprint density at radius 3 is 2.50 bits per heavy atom. The third kappa shape index (κ3) is 5.60. The first-order valence-electron chi connectivity index (χ1n) is 9.26. The number of benzene rings is 2. The number of ether oxygens (including phenoxy) is 1. The standard InChI is InChI=1S/C20H20Cl2N4O4S.ClH/c1-24(2)9-4-10-25(19(27)13-11-12(26(28)29)5-6-14(13)21)20-23-17-16(30-3)8-7-15(22)18(17)31-20;/h5-8,11H,4,9-10H2,1-3H3;1H. The van der Waals surface area contributed by atoms with Crippen LogP contribution >= 0.6 is 46.9 Å². The number of anilines is 1. The van der Waals surface area contributed by atoms with Crippen LogP contribution < -0.4 is 9.64 Å². The Balaban J connectivity index is 0.00000363. The average Bonchev–Trinajstić information content (AvgIpc) is 3.17. The van der Waals surface area contributed by atoms with Crippen LogP contribution in [0.4, 0.5) is 10.8 Å². The predicted octanol–water partition coefficient (Wildman–Crippen LogP) is 5.54. The number of amides is 1. The number of hydrogen-bond acceptors (Lipinski definition) is 7. The summed E-state index contributed by atoms with van der Waals surface area (Å²) in [6.07, 6.45) is 0.659. The van der Waals surface area contributed by atoms with E-state index in [-0.39, 0.29) is 28.7 Å². The van der Waals surface area contributed by atoms with Crippen molar-refractivity contribution in [1.29, 1.82) is 0 Å². The van der Waals surface area contributed by atoms with Gasteiger partial charge >= 0.3 is 0 Å². The number of carbonyl (C=O) groups excluding carboxylic acids is 1. The first-order valence-corrected chi connectivity index (χ1v) is 10.8. The highest BCUT2D eigenvalue weighted by Crippen LogP contribution is 2.39. The molecule has 32 heavy (non-hydrogen) atoms. The minimum atomic E-state index is -0.564. The van der Waals surface area contributed by atoms with Crippen LogP contribution in [0.5, 0.6) is 5.75 Å². The van der Waals surface area contributed by atoms with E-state index in [4.69, 9.17) is 27.9 Å². The van der Waals surface area contributed by atoms with Crippen molar-refractivity contribution in [1.82, 2.24) is 9.88 Å². The van der Waals surface area contributed by atoms with E-state index in [9.17, 15) is 14.9 Å². The fourth-order valence-electron chi connectivity index (χ4n) is 2.99. The van der Waals surface area contributed by atoms with Gasteiger partial charge in [0.05, 0.1) is 32.3 Å². The van der Waals surface area contributed by atoms with E-state index in [2.05, 4.69) is 4.98 Å². The Hall–Kier alpha value is -2.17. The van der Waals surface area contributed by atoms with Gasteiger partial charge in [0.25, 0.3) is 11.6 Å². The summed E-state index contributed by atoms with van der Waals surface area (Å²) >= 11 is 13.8. The van der Waals surface area contributed by atoms with Gasteiger partial charge in [-0.05, 0) is 45.3 Å². The molecule has 0 saturated carbocycles. The lowest BCUT2D eigenvalue weighted by Crippen LogP contribution is -2.33. The molecule has 0 aliphatic heterocycles. The van der Waals surface area contributed by atoms with Gasteiger partial charge in [-0.15, -0.1) is 12.4 Å². The normalized spacial score (nSPS) is 10.8. The van der Waals surface area contributed by atoms with Gasteiger partial charge in [0.1, 0.15) is 11.3 Å². The first-order chi connectivity index (χ1) is 14.7. The van der Waals surface area contributed by atoms with Crippen LogP contribution in [0.2, 0.25) is 10.0 Å². The number of non-ortho nitro benzene ring substituents is 1. The fourth-order valence-corrected chi connectivity index (χ4v) is 4.47. The second-order valence-electron chi connectivity index (χ2n) is 6.96. The molecule has 0 atom stereocenters. The number of hydrogen-bond donors (Lipinski definition) is 0. The third-order valence-electron chi connectivity index (χ3n) is 4.52. The van der Waals surface area contributed by atoms with E-state index in [0.717, 1.165) is 6.54 Å². The van der Waals surface area contributed by atoms with Gasteiger partial charge in [0.2, 0.25) is 0 Å². The Labute approximate surface area is 205 Å². The summed E-state index contributed by atoms with van der Waals surface area (Å²) in [7, 11) is 5.41. The molecule has 12 heteroatoms. The van der Waals surface area contributed by atoms with E-state index >= 15 is 0 Å². The molecule has 0 radical (unpaired) electrons. The number of aromatic nitrogens is 1. The topological polar surface area (TPSA) is 88.8 Å². The summed E-state index contributed by atoms with van der Waals surface area (Å²) in [4.78, 5) is 32.2. The molecule has 0 fully saturated rings. The quantitative estimate of drug-likeness (QED) is 0.287. The molecule has 0 unspecified atom stereocenters. The molecular weight excluding hydrogens is 499 g/mol. The molecule has 0 N–H and O–H groups in total. The number of halogens is 3. The zero-order chi connectivity index (χ0) is 22.7. The SMILES string of the molecule is COc1ccc(Cl)c2sc(N(CCCN(C)C)C(=O)c3cc([N+](=O)[O-])ccc3Cl)nc12.Cl. The van der Waals surface area contributed by atoms with Crippen LogP contribution in [0, 0.1) is 10.1 Å². The summed E-state index contributed by atoms with van der Waals surface area (Å²) in [6.45, 7) is 1.08. The maximum absolute atomic E-state index is 13.4.